The first-order valence-electron chi connectivity index (χ1n) is 6.83. The molecule has 0 atom stereocenters. The predicted octanol–water partition coefficient (Wildman–Crippen LogP) is 3.00. The van der Waals surface area contributed by atoms with Crippen molar-refractivity contribution >= 4 is 5.97 Å². The maximum absolute atomic E-state index is 11.6. The third-order valence-electron chi connectivity index (χ3n) is 4.27. The van der Waals surface area contributed by atoms with Crippen LogP contribution in [0.15, 0.2) is 0 Å². The van der Waals surface area contributed by atoms with E-state index in [1.54, 1.807) is 0 Å². The number of aliphatic carboxylic acids is 1. The van der Waals surface area contributed by atoms with Gasteiger partial charge < -0.3 is 5.11 Å². The molecule has 0 unspecified atom stereocenters. The predicted molar refractivity (Wildman–Crippen MR) is 70.1 cm³/mol. The Morgan fingerprint density at radius 2 is 1.94 bits per heavy atom. The van der Waals surface area contributed by atoms with Crippen LogP contribution in [0.5, 0.6) is 0 Å². The second-order valence-electron chi connectivity index (χ2n) is 6.12. The summed E-state index contributed by atoms with van der Waals surface area (Å²) in [5.41, 5.74) is -0.596. The van der Waals surface area contributed by atoms with Crippen LogP contribution in [0.1, 0.15) is 52.9 Å². The van der Waals surface area contributed by atoms with Gasteiger partial charge in [-0.05, 0) is 57.5 Å². The molecule has 1 aliphatic carbocycles. The molecule has 3 heteroatoms. The summed E-state index contributed by atoms with van der Waals surface area (Å²) in [5.74, 6) is 0.683. The van der Waals surface area contributed by atoms with Gasteiger partial charge in [0, 0.05) is 0 Å². The third kappa shape index (κ3) is 3.44. The number of rotatable bonds is 5. The molecule has 0 aromatic rings. The maximum atomic E-state index is 11.6. The van der Waals surface area contributed by atoms with Gasteiger partial charge in [0.05, 0.1) is 0 Å². The van der Waals surface area contributed by atoms with Gasteiger partial charge in [0.15, 0.2) is 0 Å². The van der Waals surface area contributed by atoms with E-state index in [4.69, 9.17) is 0 Å². The van der Waals surface area contributed by atoms with E-state index < -0.39 is 11.5 Å². The van der Waals surface area contributed by atoms with Crippen molar-refractivity contribution in [3.63, 3.8) is 0 Å². The van der Waals surface area contributed by atoms with Crippen LogP contribution < -0.4 is 0 Å². The van der Waals surface area contributed by atoms with Crippen LogP contribution in [0.4, 0.5) is 0 Å². The molecule has 1 fully saturated rings. The molecule has 0 aromatic heterocycles. The molecule has 1 saturated carbocycles. The molecule has 17 heavy (non-hydrogen) atoms. The first-order valence-corrected chi connectivity index (χ1v) is 6.83. The van der Waals surface area contributed by atoms with E-state index in [0.717, 1.165) is 38.6 Å². The summed E-state index contributed by atoms with van der Waals surface area (Å²) in [6.07, 6.45) is 4.76. The molecule has 3 nitrogen and oxygen atoms in total. The van der Waals surface area contributed by atoms with Crippen LogP contribution in [0.3, 0.4) is 0 Å². The molecule has 100 valence electrons. The fourth-order valence-electron chi connectivity index (χ4n) is 2.66. The van der Waals surface area contributed by atoms with E-state index in [2.05, 4.69) is 25.7 Å². The van der Waals surface area contributed by atoms with Gasteiger partial charge in [0.1, 0.15) is 5.54 Å². The van der Waals surface area contributed by atoms with Crippen molar-refractivity contribution < 1.29 is 9.90 Å². The van der Waals surface area contributed by atoms with E-state index in [1.807, 2.05) is 7.05 Å². The molecule has 0 heterocycles. The second-order valence-corrected chi connectivity index (χ2v) is 6.12. The van der Waals surface area contributed by atoms with E-state index in [-0.39, 0.29) is 0 Å². The minimum atomic E-state index is -0.629. The smallest absolute Gasteiger partial charge is 0.324 e. The van der Waals surface area contributed by atoms with Crippen LogP contribution in [-0.4, -0.2) is 35.1 Å². The molecule has 0 bridgehead atoms. The van der Waals surface area contributed by atoms with Crippen molar-refractivity contribution in [2.24, 2.45) is 11.8 Å². The monoisotopic (exact) mass is 241 g/mol. The topological polar surface area (TPSA) is 40.5 Å². The number of hydrogen-bond donors (Lipinski definition) is 1. The molecule has 1 aliphatic rings. The first kappa shape index (κ1) is 14.5. The van der Waals surface area contributed by atoms with Crippen LogP contribution in [0.2, 0.25) is 0 Å². The average Bonchev–Trinajstić information content (AvgIpc) is 2.26. The Labute approximate surface area is 105 Å². The van der Waals surface area contributed by atoms with E-state index >= 15 is 0 Å². The van der Waals surface area contributed by atoms with Crippen LogP contribution in [0, 0.1) is 11.8 Å². The Bertz CT molecular complexity index is 255. The van der Waals surface area contributed by atoms with Crippen molar-refractivity contribution in [2.45, 2.75) is 58.4 Å². The Hall–Kier alpha value is -0.570. The standard InChI is InChI=1S/C14H27NO2/c1-11(2)7-10-15(4)14(13(16)17)8-5-12(3)6-9-14/h11-12H,5-10H2,1-4H3,(H,16,17). The lowest BCUT2D eigenvalue weighted by Gasteiger charge is -2.43. The van der Waals surface area contributed by atoms with Crippen molar-refractivity contribution in [1.29, 1.82) is 0 Å². The molecule has 0 aromatic carbocycles. The largest absolute Gasteiger partial charge is 0.480 e. The molecule has 0 radical (unpaired) electrons. The van der Waals surface area contributed by atoms with Gasteiger partial charge in [0.2, 0.25) is 0 Å². The van der Waals surface area contributed by atoms with E-state index in [0.29, 0.717) is 11.8 Å². The second kappa shape index (κ2) is 5.85. The fourth-order valence-corrected chi connectivity index (χ4v) is 2.66. The lowest BCUT2D eigenvalue weighted by molar-refractivity contribution is -0.154. The fraction of sp³-hybridized carbons (Fsp3) is 0.929. The van der Waals surface area contributed by atoms with Gasteiger partial charge in [-0.3, -0.25) is 9.69 Å². The van der Waals surface area contributed by atoms with Crippen molar-refractivity contribution in [3.8, 4) is 0 Å². The SMILES string of the molecule is CC(C)CCN(C)C1(C(=O)O)CCC(C)CC1. The molecule has 1 N–H and O–H groups in total. The van der Waals surface area contributed by atoms with Gasteiger partial charge in [-0.2, -0.15) is 0 Å². The van der Waals surface area contributed by atoms with Gasteiger partial charge in [-0.1, -0.05) is 20.8 Å². The molecule has 1 rings (SSSR count). The number of nitrogens with zero attached hydrogens (tertiary/aromatic N) is 1. The zero-order chi connectivity index (χ0) is 13.1. The molecular formula is C14H27NO2. The van der Waals surface area contributed by atoms with Gasteiger partial charge in [0.25, 0.3) is 0 Å². The highest BCUT2D eigenvalue weighted by Gasteiger charge is 2.44. The summed E-state index contributed by atoms with van der Waals surface area (Å²) in [7, 11) is 1.98. The van der Waals surface area contributed by atoms with Crippen molar-refractivity contribution in [3.05, 3.63) is 0 Å². The third-order valence-corrected chi connectivity index (χ3v) is 4.27. The number of hydrogen-bond acceptors (Lipinski definition) is 2. The number of carboxylic acid groups (broad SMARTS) is 1. The first-order chi connectivity index (χ1) is 7.88. The Morgan fingerprint density at radius 3 is 2.35 bits per heavy atom. The molecule has 0 amide bonds. The number of carbonyl (C=O) groups is 1. The summed E-state index contributed by atoms with van der Waals surface area (Å²) >= 11 is 0. The number of carboxylic acids is 1. The Balaban J connectivity index is 2.67. The maximum Gasteiger partial charge on any atom is 0.324 e. The summed E-state index contributed by atoms with van der Waals surface area (Å²) in [4.78, 5) is 13.7. The molecule has 0 saturated heterocycles. The van der Waals surface area contributed by atoms with E-state index in [1.165, 1.54) is 0 Å². The normalized spacial score (nSPS) is 29.9. The average molecular weight is 241 g/mol. The van der Waals surface area contributed by atoms with Crippen LogP contribution in [-0.2, 0) is 4.79 Å². The minimum absolute atomic E-state index is 0.596. The summed E-state index contributed by atoms with van der Waals surface area (Å²) in [6.45, 7) is 7.48. The lowest BCUT2D eigenvalue weighted by atomic mass is 9.76. The molecule has 0 aliphatic heterocycles. The zero-order valence-electron chi connectivity index (χ0n) is 11.7. The van der Waals surface area contributed by atoms with Crippen molar-refractivity contribution in [2.75, 3.05) is 13.6 Å². The summed E-state index contributed by atoms with van der Waals surface area (Å²) in [6, 6.07) is 0. The quantitative estimate of drug-likeness (QED) is 0.804. The Morgan fingerprint density at radius 1 is 1.41 bits per heavy atom. The highest BCUT2D eigenvalue weighted by Crippen LogP contribution is 2.36. The molecule has 0 spiro atoms. The minimum Gasteiger partial charge on any atom is -0.480 e. The van der Waals surface area contributed by atoms with E-state index in [9.17, 15) is 9.90 Å². The summed E-state index contributed by atoms with van der Waals surface area (Å²) < 4.78 is 0. The number of likely N-dealkylation sites (N-methyl/N-ethyl adjacent to an activating group) is 1. The van der Waals surface area contributed by atoms with Crippen LogP contribution >= 0.6 is 0 Å². The van der Waals surface area contributed by atoms with Gasteiger partial charge >= 0.3 is 5.97 Å². The van der Waals surface area contributed by atoms with Crippen LogP contribution in [0.25, 0.3) is 0 Å². The van der Waals surface area contributed by atoms with Gasteiger partial charge in [-0.15, -0.1) is 0 Å². The lowest BCUT2D eigenvalue weighted by Crippen LogP contribution is -2.55. The molecular weight excluding hydrogens is 214 g/mol. The highest BCUT2D eigenvalue weighted by atomic mass is 16.4. The van der Waals surface area contributed by atoms with Gasteiger partial charge in [-0.25, -0.2) is 0 Å². The zero-order valence-corrected chi connectivity index (χ0v) is 11.7. The Kier molecular flexibility index (Phi) is 4.99. The highest BCUT2D eigenvalue weighted by molar-refractivity contribution is 5.78. The van der Waals surface area contributed by atoms with Crippen molar-refractivity contribution in [1.82, 2.24) is 4.90 Å². The summed E-state index contributed by atoms with van der Waals surface area (Å²) in [5, 5.41) is 9.57.